The predicted octanol–water partition coefficient (Wildman–Crippen LogP) is 2.79. The van der Waals surface area contributed by atoms with Crippen molar-refractivity contribution >= 4 is 5.91 Å². The largest absolute Gasteiger partial charge is 0.388 e. The molecule has 0 fully saturated rings. The van der Waals surface area contributed by atoms with Gasteiger partial charge in [0.1, 0.15) is 5.69 Å². The molecule has 2 N–H and O–H groups in total. The molecule has 1 aromatic carbocycles. The number of aromatic nitrogens is 1. The van der Waals surface area contributed by atoms with Crippen molar-refractivity contribution in [3.63, 3.8) is 0 Å². The number of hydrogen-bond acceptors (Lipinski definition) is 4. The molecule has 0 saturated heterocycles. The summed E-state index contributed by atoms with van der Waals surface area (Å²) in [5.74, 6) is -0.215. The van der Waals surface area contributed by atoms with E-state index in [2.05, 4.69) is 10.5 Å². The second kappa shape index (κ2) is 6.32. The Bertz CT molecular complexity index is 642. The van der Waals surface area contributed by atoms with E-state index in [0.717, 1.165) is 11.1 Å². The quantitative estimate of drug-likeness (QED) is 0.890. The van der Waals surface area contributed by atoms with Gasteiger partial charge >= 0.3 is 0 Å². The predicted molar refractivity (Wildman–Crippen MR) is 84.5 cm³/mol. The van der Waals surface area contributed by atoms with Crippen molar-refractivity contribution in [3.8, 4) is 11.3 Å². The number of benzene rings is 1. The molecule has 1 amide bonds. The first-order valence-corrected chi connectivity index (χ1v) is 7.34. The summed E-state index contributed by atoms with van der Waals surface area (Å²) >= 11 is 0. The van der Waals surface area contributed by atoms with Crippen molar-refractivity contribution in [1.29, 1.82) is 0 Å². The molecule has 0 spiro atoms. The first-order chi connectivity index (χ1) is 10.3. The minimum Gasteiger partial charge on any atom is -0.388 e. The molecule has 5 nitrogen and oxygen atoms in total. The van der Waals surface area contributed by atoms with Gasteiger partial charge in [0.05, 0.1) is 5.60 Å². The van der Waals surface area contributed by atoms with Gasteiger partial charge in [0, 0.05) is 18.2 Å². The molecular weight excluding hydrogens is 280 g/mol. The molecule has 1 heterocycles. The van der Waals surface area contributed by atoms with Gasteiger partial charge in [-0.3, -0.25) is 4.79 Å². The third-order valence-corrected chi connectivity index (χ3v) is 3.93. The van der Waals surface area contributed by atoms with Crippen LogP contribution >= 0.6 is 0 Å². The summed E-state index contributed by atoms with van der Waals surface area (Å²) in [4.78, 5) is 12.1. The van der Waals surface area contributed by atoms with Crippen molar-refractivity contribution < 1.29 is 14.4 Å². The Kier molecular flexibility index (Phi) is 4.66. The van der Waals surface area contributed by atoms with Crippen LogP contribution in [0.1, 0.15) is 36.9 Å². The maximum absolute atomic E-state index is 12.1. The summed E-state index contributed by atoms with van der Waals surface area (Å²) in [5, 5.41) is 16.7. The van der Waals surface area contributed by atoms with Crippen LogP contribution in [0.4, 0.5) is 0 Å². The fourth-order valence-electron chi connectivity index (χ4n) is 1.79. The van der Waals surface area contributed by atoms with E-state index in [1.807, 2.05) is 45.0 Å². The number of amides is 1. The lowest BCUT2D eigenvalue weighted by Gasteiger charge is -2.27. The third-order valence-electron chi connectivity index (χ3n) is 3.93. The fraction of sp³-hybridized carbons (Fsp3) is 0.412. The highest BCUT2D eigenvalue weighted by atomic mass is 16.5. The van der Waals surface area contributed by atoms with Crippen molar-refractivity contribution in [2.75, 3.05) is 6.54 Å². The zero-order chi connectivity index (χ0) is 16.3. The van der Waals surface area contributed by atoms with Gasteiger partial charge in [-0.2, -0.15) is 0 Å². The fourth-order valence-corrected chi connectivity index (χ4v) is 1.79. The molecule has 0 saturated carbocycles. The number of carbonyl (C=O) groups is 1. The van der Waals surface area contributed by atoms with Crippen molar-refractivity contribution in [1.82, 2.24) is 10.5 Å². The van der Waals surface area contributed by atoms with Gasteiger partial charge < -0.3 is 14.9 Å². The maximum Gasteiger partial charge on any atom is 0.290 e. The van der Waals surface area contributed by atoms with E-state index in [1.54, 1.807) is 13.0 Å². The second-order valence-corrected chi connectivity index (χ2v) is 6.14. The first-order valence-electron chi connectivity index (χ1n) is 7.34. The standard InChI is InChI=1S/C17H22N2O3/c1-11(2)17(4,21)10-18-16(20)15-9-14(19-22-15)13-7-5-12(3)6-8-13/h5-9,11,21H,10H2,1-4H3,(H,18,20). The minimum absolute atomic E-state index is 0.0330. The lowest BCUT2D eigenvalue weighted by Crippen LogP contribution is -2.44. The topological polar surface area (TPSA) is 75.4 Å². The third kappa shape index (κ3) is 3.74. The van der Waals surface area contributed by atoms with E-state index in [0.29, 0.717) is 5.69 Å². The van der Waals surface area contributed by atoms with E-state index < -0.39 is 5.60 Å². The van der Waals surface area contributed by atoms with E-state index in [1.165, 1.54) is 0 Å². The number of rotatable bonds is 5. The number of nitrogens with one attached hydrogen (secondary N) is 1. The Morgan fingerprint density at radius 1 is 1.36 bits per heavy atom. The van der Waals surface area contributed by atoms with E-state index in [4.69, 9.17) is 4.52 Å². The molecule has 0 bridgehead atoms. The molecule has 1 aromatic heterocycles. The molecule has 0 aliphatic carbocycles. The molecule has 22 heavy (non-hydrogen) atoms. The number of aryl methyl sites for hydroxylation is 1. The van der Waals surface area contributed by atoms with Crippen LogP contribution < -0.4 is 5.32 Å². The summed E-state index contributed by atoms with van der Waals surface area (Å²) in [6.45, 7) is 7.65. The number of carbonyl (C=O) groups excluding carboxylic acids is 1. The Balaban J connectivity index is 2.05. The van der Waals surface area contributed by atoms with Gasteiger partial charge in [-0.05, 0) is 19.8 Å². The van der Waals surface area contributed by atoms with Gasteiger partial charge in [0.2, 0.25) is 5.76 Å². The SMILES string of the molecule is Cc1ccc(-c2cc(C(=O)NCC(C)(O)C(C)C)on2)cc1. The van der Waals surface area contributed by atoms with Gasteiger partial charge in [-0.15, -0.1) is 0 Å². The summed E-state index contributed by atoms with van der Waals surface area (Å²) in [6, 6.07) is 9.41. The number of hydrogen-bond donors (Lipinski definition) is 2. The summed E-state index contributed by atoms with van der Waals surface area (Å²) in [6.07, 6.45) is 0. The normalized spacial score (nSPS) is 13.9. The van der Waals surface area contributed by atoms with Crippen molar-refractivity contribution in [3.05, 3.63) is 41.7 Å². The van der Waals surface area contributed by atoms with Crippen LogP contribution in [-0.2, 0) is 0 Å². The molecule has 118 valence electrons. The second-order valence-electron chi connectivity index (χ2n) is 6.14. The smallest absolute Gasteiger partial charge is 0.290 e. The first kappa shape index (κ1) is 16.2. The molecule has 5 heteroatoms. The zero-order valence-corrected chi connectivity index (χ0v) is 13.4. The lowest BCUT2D eigenvalue weighted by atomic mass is 9.92. The molecule has 2 aromatic rings. The van der Waals surface area contributed by atoms with Crippen LogP contribution in [0.3, 0.4) is 0 Å². The van der Waals surface area contributed by atoms with Crippen LogP contribution in [0.15, 0.2) is 34.9 Å². The summed E-state index contributed by atoms with van der Waals surface area (Å²) in [5.41, 5.74) is 1.69. The Labute approximate surface area is 130 Å². The van der Waals surface area contributed by atoms with Crippen molar-refractivity contribution in [2.45, 2.75) is 33.3 Å². The maximum atomic E-state index is 12.1. The summed E-state index contributed by atoms with van der Waals surface area (Å²) < 4.78 is 5.09. The average Bonchev–Trinajstić information content (AvgIpc) is 2.95. The molecule has 1 unspecified atom stereocenters. The molecule has 0 aliphatic rings. The Morgan fingerprint density at radius 2 is 2.00 bits per heavy atom. The average molecular weight is 302 g/mol. The zero-order valence-electron chi connectivity index (χ0n) is 13.4. The Hall–Kier alpha value is -2.14. The monoisotopic (exact) mass is 302 g/mol. The summed E-state index contributed by atoms with van der Waals surface area (Å²) in [7, 11) is 0. The highest BCUT2D eigenvalue weighted by Gasteiger charge is 2.26. The highest BCUT2D eigenvalue weighted by molar-refractivity contribution is 5.92. The van der Waals surface area contributed by atoms with Crippen LogP contribution in [0.5, 0.6) is 0 Å². The van der Waals surface area contributed by atoms with E-state index >= 15 is 0 Å². The molecule has 2 rings (SSSR count). The molecule has 1 atom stereocenters. The van der Waals surface area contributed by atoms with Crippen LogP contribution in [0.25, 0.3) is 11.3 Å². The van der Waals surface area contributed by atoms with Crippen LogP contribution in [-0.4, -0.2) is 28.3 Å². The minimum atomic E-state index is -0.963. The van der Waals surface area contributed by atoms with Gasteiger partial charge in [0.15, 0.2) is 0 Å². The van der Waals surface area contributed by atoms with E-state index in [9.17, 15) is 9.90 Å². The number of nitrogens with zero attached hydrogens (tertiary/aromatic N) is 1. The van der Waals surface area contributed by atoms with Gasteiger partial charge in [-0.25, -0.2) is 0 Å². The molecule has 0 aliphatic heterocycles. The van der Waals surface area contributed by atoms with Gasteiger partial charge in [0.25, 0.3) is 5.91 Å². The van der Waals surface area contributed by atoms with Crippen LogP contribution in [0.2, 0.25) is 0 Å². The van der Waals surface area contributed by atoms with Crippen LogP contribution in [0, 0.1) is 12.8 Å². The number of aliphatic hydroxyl groups is 1. The highest BCUT2D eigenvalue weighted by Crippen LogP contribution is 2.20. The van der Waals surface area contributed by atoms with Gasteiger partial charge in [-0.1, -0.05) is 48.8 Å². The van der Waals surface area contributed by atoms with Crippen molar-refractivity contribution in [2.24, 2.45) is 5.92 Å². The Morgan fingerprint density at radius 3 is 2.59 bits per heavy atom. The lowest BCUT2D eigenvalue weighted by molar-refractivity contribution is 0.0139. The molecular formula is C17H22N2O3. The molecule has 0 radical (unpaired) electrons. The van der Waals surface area contributed by atoms with E-state index in [-0.39, 0.29) is 24.1 Å².